The summed E-state index contributed by atoms with van der Waals surface area (Å²) < 4.78 is 22.4. The van der Waals surface area contributed by atoms with E-state index in [1.54, 1.807) is 24.3 Å². The van der Waals surface area contributed by atoms with Crippen molar-refractivity contribution in [1.29, 1.82) is 0 Å². The molecule has 1 N–H and O–H groups in total. The molecule has 17 heavy (non-hydrogen) atoms. The Labute approximate surface area is 122 Å². The molecule has 0 aliphatic rings. The predicted molar refractivity (Wildman–Crippen MR) is 76.1 cm³/mol. The molecule has 0 amide bonds. The zero-order valence-electron chi connectivity index (χ0n) is 8.90. The van der Waals surface area contributed by atoms with Crippen molar-refractivity contribution in [1.82, 2.24) is 0 Å². The molecule has 0 aromatic heterocycles. The highest BCUT2D eigenvalue weighted by molar-refractivity contribution is 9.12. The van der Waals surface area contributed by atoms with Gasteiger partial charge in [-0.05, 0) is 33.6 Å². The molecule has 0 saturated carbocycles. The molecule has 2 atom stereocenters. The van der Waals surface area contributed by atoms with Crippen LogP contribution in [0.2, 0.25) is 0 Å². The maximum absolute atomic E-state index is 11.8. The third-order valence-electron chi connectivity index (χ3n) is 2.30. The van der Waals surface area contributed by atoms with Crippen LogP contribution in [0.25, 0.3) is 0 Å². The fourth-order valence-corrected chi connectivity index (χ4v) is 3.73. The molecule has 96 valence electrons. The Hall–Kier alpha value is 0.380. The van der Waals surface area contributed by atoms with Crippen LogP contribution in [0, 0.1) is 0 Å². The zero-order valence-corrected chi connectivity index (χ0v) is 13.6. The van der Waals surface area contributed by atoms with Gasteiger partial charge in [0.1, 0.15) is 6.10 Å². The summed E-state index contributed by atoms with van der Waals surface area (Å²) >= 11 is 12.1. The standard InChI is InChI=1S/C10H11Br2ClO3S/c1-2-17(15,16)10(12,13)9(14)7-3-5-8(11)6-4-7/h3-6,9,14H,2H2,1H3/t9-,10+/m0/s1. The van der Waals surface area contributed by atoms with Crippen molar-refractivity contribution in [3.8, 4) is 0 Å². The molecule has 0 aliphatic heterocycles. The number of aliphatic hydroxyl groups is 1. The molecular formula is C10H11Br2ClO3S. The number of halogens is 3. The van der Waals surface area contributed by atoms with Crippen LogP contribution in [-0.2, 0) is 9.84 Å². The Morgan fingerprint density at radius 3 is 2.29 bits per heavy atom. The lowest BCUT2D eigenvalue weighted by molar-refractivity contribution is 0.185. The molecule has 0 saturated heterocycles. The van der Waals surface area contributed by atoms with Crippen LogP contribution < -0.4 is 0 Å². The van der Waals surface area contributed by atoms with Crippen LogP contribution in [0.15, 0.2) is 28.7 Å². The number of sulfone groups is 1. The van der Waals surface area contributed by atoms with E-state index in [4.69, 9.17) is 11.6 Å². The van der Waals surface area contributed by atoms with Gasteiger partial charge in [0.25, 0.3) is 0 Å². The van der Waals surface area contributed by atoms with E-state index in [0.29, 0.717) is 5.56 Å². The van der Waals surface area contributed by atoms with Gasteiger partial charge >= 0.3 is 0 Å². The van der Waals surface area contributed by atoms with Crippen molar-refractivity contribution in [2.75, 3.05) is 5.75 Å². The monoisotopic (exact) mass is 404 g/mol. The van der Waals surface area contributed by atoms with E-state index < -0.39 is 19.1 Å². The van der Waals surface area contributed by atoms with Crippen LogP contribution in [0.1, 0.15) is 18.6 Å². The normalized spacial score (nSPS) is 17.5. The second-order valence-corrected chi connectivity index (χ2v) is 9.84. The number of rotatable bonds is 4. The van der Waals surface area contributed by atoms with Gasteiger partial charge in [0.2, 0.25) is 3.12 Å². The summed E-state index contributed by atoms with van der Waals surface area (Å²) in [5, 5.41) is 10.0. The minimum absolute atomic E-state index is 0.157. The molecule has 0 aliphatic carbocycles. The van der Waals surface area contributed by atoms with Crippen LogP contribution in [0.4, 0.5) is 0 Å². The number of benzene rings is 1. The number of hydrogen-bond acceptors (Lipinski definition) is 3. The van der Waals surface area contributed by atoms with Crippen molar-refractivity contribution in [3.63, 3.8) is 0 Å². The maximum atomic E-state index is 11.8. The van der Waals surface area contributed by atoms with Crippen molar-refractivity contribution in [3.05, 3.63) is 34.3 Å². The van der Waals surface area contributed by atoms with Crippen LogP contribution in [0.3, 0.4) is 0 Å². The van der Waals surface area contributed by atoms with Gasteiger partial charge in [-0.3, -0.25) is 0 Å². The van der Waals surface area contributed by atoms with Gasteiger partial charge in [0.05, 0.1) is 5.75 Å². The highest BCUT2D eigenvalue weighted by Crippen LogP contribution is 2.43. The zero-order chi connectivity index (χ0) is 13.3. The van der Waals surface area contributed by atoms with Gasteiger partial charge in [0.15, 0.2) is 9.84 Å². The highest BCUT2D eigenvalue weighted by Gasteiger charge is 2.45. The second kappa shape index (κ2) is 5.57. The molecule has 1 aromatic rings. The van der Waals surface area contributed by atoms with Gasteiger partial charge in [-0.1, -0.05) is 46.6 Å². The highest BCUT2D eigenvalue weighted by atomic mass is 79.9. The topological polar surface area (TPSA) is 54.4 Å². The van der Waals surface area contributed by atoms with Crippen LogP contribution in [-0.4, -0.2) is 22.4 Å². The molecule has 0 unspecified atom stereocenters. The fraction of sp³-hybridized carbons (Fsp3) is 0.400. The fourth-order valence-electron chi connectivity index (χ4n) is 1.20. The average Bonchev–Trinajstić information content (AvgIpc) is 2.28. The first-order valence-corrected chi connectivity index (χ1v) is 8.37. The van der Waals surface area contributed by atoms with E-state index in [1.807, 2.05) is 0 Å². The Bertz CT molecular complexity index is 485. The van der Waals surface area contributed by atoms with E-state index >= 15 is 0 Å². The SMILES string of the molecule is CCS(=O)(=O)[C@@](Cl)(Br)[C@@H](O)c1ccc(Br)cc1. The summed E-state index contributed by atoms with van der Waals surface area (Å²) in [4.78, 5) is 0. The lowest BCUT2D eigenvalue weighted by Crippen LogP contribution is -2.34. The first-order valence-electron chi connectivity index (χ1n) is 4.76. The maximum Gasteiger partial charge on any atom is 0.229 e. The first-order chi connectivity index (χ1) is 7.72. The molecule has 0 fully saturated rings. The van der Waals surface area contributed by atoms with E-state index in [-0.39, 0.29) is 5.75 Å². The molecule has 1 aromatic carbocycles. The van der Waals surface area contributed by atoms with Crippen molar-refractivity contribution < 1.29 is 13.5 Å². The largest absolute Gasteiger partial charge is 0.385 e. The van der Waals surface area contributed by atoms with Gasteiger partial charge in [-0.25, -0.2) is 8.42 Å². The smallest absolute Gasteiger partial charge is 0.229 e. The third-order valence-corrected chi connectivity index (χ3v) is 7.47. The molecule has 3 nitrogen and oxygen atoms in total. The van der Waals surface area contributed by atoms with Gasteiger partial charge in [0, 0.05) is 4.47 Å². The van der Waals surface area contributed by atoms with Crippen molar-refractivity contribution >= 4 is 53.3 Å². The summed E-state index contributed by atoms with van der Waals surface area (Å²) in [7, 11) is -3.63. The predicted octanol–water partition coefficient (Wildman–Crippen LogP) is 3.20. The molecule has 0 heterocycles. The summed E-state index contributed by atoms with van der Waals surface area (Å²) in [6, 6.07) is 6.63. The van der Waals surface area contributed by atoms with Crippen LogP contribution in [0.5, 0.6) is 0 Å². The number of aliphatic hydroxyl groups excluding tert-OH is 1. The van der Waals surface area contributed by atoms with E-state index in [0.717, 1.165) is 4.47 Å². The van der Waals surface area contributed by atoms with E-state index in [1.165, 1.54) is 6.92 Å². The average molecular weight is 407 g/mol. The minimum atomic E-state index is -3.63. The lowest BCUT2D eigenvalue weighted by Gasteiger charge is -2.25. The van der Waals surface area contributed by atoms with Crippen LogP contribution >= 0.6 is 43.5 Å². The second-order valence-electron chi connectivity index (χ2n) is 3.42. The summed E-state index contributed by atoms with van der Waals surface area (Å²) in [6.45, 7) is 1.47. The Morgan fingerprint density at radius 1 is 1.41 bits per heavy atom. The third kappa shape index (κ3) is 3.23. The molecule has 7 heteroatoms. The number of hydrogen-bond donors (Lipinski definition) is 1. The summed E-state index contributed by atoms with van der Waals surface area (Å²) in [5.74, 6) is -0.157. The Balaban J connectivity index is 3.12. The quantitative estimate of drug-likeness (QED) is 0.782. The molecule has 0 bridgehead atoms. The van der Waals surface area contributed by atoms with Crippen molar-refractivity contribution in [2.24, 2.45) is 0 Å². The van der Waals surface area contributed by atoms with Gasteiger partial charge in [-0.15, -0.1) is 0 Å². The first kappa shape index (κ1) is 15.4. The van der Waals surface area contributed by atoms with E-state index in [9.17, 15) is 13.5 Å². The molecular weight excluding hydrogens is 395 g/mol. The van der Waals surface area contributed by atoms with Gasteiger partial charge < -0.3 is 5.11 Å². The van der Waals surface area contributed by atoms with Crippen molar-refractivity contribution in [2.45, 2.75) is 16.1 Å². The summed E-state index contributed by atoms with van der Waals surface area (Å²) in [5.41, 5.74) is 0.428. The Kier molecular flexibility index (Phi) is 5.06. The van der Waals surface area contributed by atoms with Gasteiger partial charge in [-0.2, -0.15) is 0 Å². The number of alkyl halides is 2. The molecule has 0 radical (unpaired) electrons. The molecule has 0 spiro atoms. The summed E-state index contributed by atoms with van der Waals surface area (Å²) in [6.07, 6.45) is -1.35. The Morgan fingerprint density at radius 2 is 1.88 bits per heavy atom. The minimum Gasteiger partial charge on any atom is -0.385 e. The lowest BCUT2D eigenvalue weighted by atomic mass is 10.1. The molecule has 1 rings (SSSR count). The van der Waals surface area contributed by atoms with E-state index in [2.05, 4.69) is 31.9 Å².